The van der Waals surface area contributed by atoms with Crippen LogP contribution in [0, 0.1) is 6.92 Å². The minimum atomic E-state index is -0.337. The first-order valence-corrected chi connectivity index (χ1v) is 7.19. The molecule has 0 saturated carbocycles. The quantitative estimate of drug-likeness (QED) is 0.681. The van der Waals surface area contributed by atoms with Crippen molar-refractivity contribution in [2.24, 2.45) is 5.10 Å². The number of hydrogen-bond acceptors (Lipinski definition) is 4. The highest BCUT2D eigenvalue weighted by Gasteiger charge is 2.13. The zero-order chi connectivity index (χ0) is 16.8. The number of aryl methyl sites for hydroxylation is 1. The van der Waals surface area contributed by atoms with Crippen molar-refractivity contribution in [3.05, 3.63) is 59.2 Å². The first-order chi connectivity index (χ1) is 11.0. The van der Waals surface area contributed by atoms with Gasteiger partial charge in [-0.1, -0.05) is 29.8 Å². The van der Waals surface area contributed by atoms with Crippen molar-refractivity contribution in [2.75, 3.05) is 14.2 Å². The van der Waals surface area contributed by atoms with E-state index in [9.17, 15) is 4.79 Å². The molecule has 2 rings (SSSR count). The SMILES string of the molecule is COc1ccc(C(=O)N/N=C(/C)c2ccc(C)cc2)c(OC)c1. The van der Waals surface area contributed by atoms with Gasteiger partial charge in [0.15, 0.2) is 0 Å². The van der Waals surface area contributed by atoms with E-state index in [1.165, 1.54) is 12.7 Å². The molecule has 0 radical (unpaired) electrons. The standard InChI is InChI=1S/C18H20N2O3/c1-12-5-7-14(8-6-12)13(2)19-20-18(21)16-10-9-15(22-3)11-17(16)23-4/h5-11H,1-4H3,(H,20,21)/b19-13-. The van der Waals surface area contributed by atoms with Crippen LogP contribution < -0.4 is 14.9 Å². The van der Waals surface area contributed by atoms with Gasteiger partial charge in [-0.05, 0) is 31.5 Å². The lowest BCUT2D eigenvalue weighted by Gasteiger charge is -2.09. The van der Waals surface area contributed by atoms with Crippen LogP contribution >= 0.6 is 0 Å². The highest BCUT2D eigenvalue weighted by atomic mass is 16.5. The predicted octanol–water partition coefficient (Wildman–Crippen LogP) is 3.17. The first-order valence-electron chi connectivity index (χ1n) is 7.19. The van der Waals surface area contributed by atoms with E-state index in [1.54, 1.807) is 25.3 Å². The van der Waals surface area contributed by atoms with Gasteiger partial charge in [-0.25, -0.2) is 5.43 Å². The van der Waals surface area contributed by atoms with Crippen molar-refractivity contribution >= 4 is 11.6 Å². The average molecular weight is 312 g/mol. The number of nitrogens with one attached hydrogen (secondary N) is 1. The van der Waals surface area contributed by atoms with Crippen LogP contribution in [0.2, 0.25) is 0 Å². The smallest absolute Gasteiger partial charge is 0.275 e. The summed E-state index contributed by atoms with van der Waals surface area (Å²) in [4.78, 5) is 12.3. The van der Waals surface area contributed by atoms with Gasteiger partial charge >= 0.3 is 0 Å². The van der Waals surface area contributed by atoms with Gasteiger partial charge in [-0.15, -0.1) is 0 Å². The Hall–Kier alpha value is -2.82. The van der Waals surface area contributed by atoms with Gasteiger partial charge < -0.3 is 9.47 Å². The van der Waals surface area contributed by atoms with Gasteiger partial charge in [0.25, 0.3) is 5.91 Å². The number of carbonyl (C=O) groups excluding carboxylic acids is 1. The largest absolute Gasteiger partial charge is 0.497 e. The summed E-state index contributed by atoms with van der Waals surface area (Å²) in [5, 5.41) is 4.15. The number of carbonyl (C=O) groups is 1. The molecular weight excluding hydrogens is 292 g/mol. The molecule has 0 aliphatic carbocycles. The van der Waals surface area contributed by atoms with Crippen LogP contribution in [-0.2, 0) is 0 Å². The number of benzene rings is 2. The second-order valence-electron chi connectivity index (χ2n) is 5.07. The third-order valence-electron chi connectivity index (χ3n) is 3.45. The number of hydrogen-bond donors (Lipinski definition) is 1. The highest BCUT2D eigenvalue weighted by Crippen LogP contribution is 2.24. The molecule has 1 N–H and O–H groups in total. The summed E-state index contributed by atoms with van der Waals surface area (Å²) in [6, 6.07) is 12.9. The van der Waals surface area contributed by atoms with Crippen molar-refractivity contribution in [1.29, 1.82) is 0 Å². The summed E-state index contributed by atoms with van der Waals surface area (Å²) in [5.74, 6) is 0.721. The average Bonchev–Trinajstić information content (AvgIpc) is 2.59. The van der Waals surface area contributed by atoms with Crippen LogP contribution in [0.15, 0.2) is 47.6 Å². The van der Waals surface area contributed by atoms with E-state index in [0.29, 0.717) is 17.1 Å². The van der Waals surface area contributed by atoms with Crippen LogP contribution in [0.1, 0.15) is 28.4 Å². The number of ether oxygens (including phenoxy) is 2. The van der Waals surface area contributed by atoms with E-state index < -0.39 is 0 Å². The van der Waals surface area contributed by atoms with Crippen molar-refractivity contribution in [2.45, 2.75) is 13.8 Å². The zero-order valence-corrected chi connectivity index (χ0v) is 13.7. The van der Waals surface area contributed by atoms with E-state index in [1.807, 2.05) is 38.1 Å². The van der Waals surface area contributed by atoms with Gasteiger partial charge in [0, 0.05) is 6.07 Å². The molecule has 1 amide bonds. The van der Waals surface area contributed by atoms with E-state index in [0.717, 1.165) is 11.3 Å². The van der Waals surface area contributed by atoms with Crippen molar-refractivity contribution < 1.29 is 14.3 Å². The van der Waals surface area contributed by atoms with Gasteiger partial charge in [0.1, 0.15) is 11.5 Å². The summed E-state index contributed by atoms with van der Waals surface area (Å²) in [6.45, 7) is 3.87. The Bertz CT molecular complexity index is 722. The molecule has 0 aromatic heterocycles. The number of rotatable bonds is 5. The van der Waals surface area contributed by atoms with Gasteiger partial charge in [0.05, 0.1) is 25.5 Å². The molecule has 5 heteroatoms. The number of nitrogens with zero attached hydrogens (tertiary/aromatic N) is 1. The van der Waals surface area contributed by atoms with Crippen LogP contribution in [0.25, 0.3) is 0 Å². The summed E-state index contributed by atoms with van der Waals surface area (Å²) >= 11 is 0. The van der Waals surface area contributed by atoms with E-state index in [4.69, 9.17) is 9.47 Å². The zero-order valence-electron chi connectivity index (χ0n) is 13.7. The summed E-state index contributed by atoms with van der Waals surface area (Å²) in [7, 11) is 3.07. The van der Waals surface area contributed by atoms with E-state index in [2.05, 4.69) is 10.5 Å². The van der Waals surface area contributed by atoms with E-state index in [-0.39, 0.29) is 5.91 Å². The molecule has 0 fully saturated rings. The third kappa shape index (κ3) is 4.10. The second kappa shape index (κ2) is 7.45. The topological polar surface area (TPSA) is 59.9 Å². The molecule has 0 unspecified atom stereocenters. The Morgan fingerprint density at radius 2 is 1.74 bits per heavy atom. The third-order valence-corrected chi connectivity index (χ3v) is 3.45. The normalized spacial score (nSPS) is 11.0. The molecular formula is C18H20N2O3. The minimum absolute atomic E-state index is 0.337. The van der Waals surface area contributed by atoms with Gasteiger partial charge in [-0.2, -0.15) is 5.10 Å². The summed E-state index contributed by atoms with van der Waals surface area (Å²) in [6.07, 6.45) is 0. The van der Waals surface area contributed by atoms with Crippen LogP contribution in [0.5, 0.6) is 11.5 Å². The predicted molar refractivity (Wildman–Crippen MR) is 90.4 cm³/mol. The molecule has 2 aromatic carbocycles. The molecule has 5 nitrogen and oxygen atoms in total. The van der Waals surface area contributed by atoms with Crippen molar-refractivity contribution in [3.8, 4) is 11.5 Å². The summed E-state index contributed by atoms with van der Waals surface area (Å²) < 4.78 is 10.3. The van der Waals surface area contributed by atoms with Crippen molar-refractivity contribution in [3.63, 3.8) is 0 Å². The Balaban J connectivity index is 2.15. The molecule has 0 aliphatic heterocycles. The molecule has 2 aromatic rings. The molecule has 0 bridgehead atoms. The molecule has 0 heterocycles. The van der Waals surface area contributed by atoms with E-state index >= 15 is 0 Å². The maximum absolute atomic E-state index is 12.3. The van der Waals surface area contributed by atoms with Crippen molar-refractivity contribution in [1.82, 2.24) is 5.43 Å². The molecule has 120 valence electrons. The number of amides is 1. The Morgan fingerprint density at radius 3 is 2.35 bits per heavy atom. The van der Waals surface area contributed by atoms with Crippen LogP contribution in [0.4, 0.5) is 0 Å². The summed E-state index contributed by atoms with van der Waals surface area (Å²) in [5.41, 5.74) is 5.81. The fraction of sp³-hybridized carbons (Fsp3) is 0.222. The van der Waals surface area contributed by atoms with Gasteiger partial charge in [-0.3, -0.25) is 4.79 Å². The molecule has 0 spiro atoms. The molecule has 0 atom stereocenters. The Kier molecular flexibility index (Phi) is 5.36. The fourth-order valence-electron chi connectivity index (χ4n) is 2.04. The lowest BCUT2D eigenvalue weighted by molar-refractivity contribution is 0.0951. The second-order valence-corrected chi connectivity index (χ2v) is 5.07. The maximum Gasteiger partial charge on any atom is 0.275 e. The minimum Gasteiger partial charge on any atom is -0.497 e. The van der Waals surface area contributed by atoms with Gasteiger partial charge in [0.2, 0.25) is 0 Å². The number of methoxy groups -OCH3 is 2. The molecule has 0 saturated heterocycles. The molecule has 23 heavy (non-hydrogen) atoms. The molecule has 0 aliphatic rings. The maximum atomic E-state index is 12.3. The van der Waals surface area contributed by atoms with Crippen LogP contribution in [0.3, 0.4) is 0 Å². The highest BCUT2D eigenvalue weighted by molar-refractivity contribution is 6.01. The Labute approximate surface area is 135 Å². The van der Waals surface area contributed by atoms with Crippen LogP contribution in [-0.4, -0.2) is 25.8 Å². The first kappa shape index (κ1) is 16.5. The lowest BCUT2D eigenvalue weighted by atomic mass is 10.1. The number of hydrazone groups is 1. The lowest BCUT2D eigenvalue weighted by Crippen LogP contribution is -2.20. The monoisotopic (exact) mass is 312 g/mol. The fourth-order valence-corrected chi connectivity index (χ4v) is 2.04. The Morgan fingerprint density at radius 1 is 1.04 bits per heavy atom.